The number of carbonyl (C=O) groups excluding carboxylic acids is 1. The molecule has 0 aliphatic carbocycles. The van der Waals surface area contributed by atoms with Gasteiger partial charge in [0.2, 0.25) is 0 Å². The summed E-state index contributed by atoms with van der Waals surface area (Å²) in [5, 5.41) is 14.0. The molecule has 7 heteroatoms. The van der Waals surface area contributed by atoms with Crippen molar-refractivity contribution >= 4 is 35.3 Å². The Kier molecular flexibility index (Phi) is 7.78. The fourth-order valence-electron chi connectivity index (χ4n) is 2.95. The molecule has 5 nitrogen and oxygen atoms in total. The number of ether oxygens (including phenoxy) is 1. The molecule has 0 aromatic heterocycles. The molecule has 0 unspecified atom stereocenters. The van der Waals surface area contributed by atoms with Crippen molar-refractivity contribution in [2.24, 2.45) is 5.10 Å². The Morgan fingerprint density at radius 2 is 1.81 bits per heavy atom. The molecule has 0 atom stereocenters. The van der Waals surface area contributed by atoms with Gasteiger partial charge < -0.3 is 9.84 Å². The van der Waals surface area contributed by atoms with Gasteiger partial charge in [-0.3, -0.25) is 4.79 Å². The number of amides is 1. The molecule has 166 valence electrons. The normalized spacial score (nSPS) is 11.2. The van der Waals surface area contributed by atoms with Gasteiger partial charge in [0.05, 0.1) is 16.3 Å². The highest BCUT2D eigenvalue weighted by Crippen LogP contribution is 2.29. The number of hydrogen-bond donors (Lipinski definition) is 2. The van der Waals surface area contributed by atoms with Crippen molar-refractivity contribution in [2.45, 2.75) is 33.3 Å². The second kappa shape index (κ2) is 10.5. The Morgan fingerprint density at radius 3 is 2.47 bits per heavy atom. The van der Waals surface area contributed by atoms with E-state index in [1.807, 2.05) is 13.0 Å². The summed E-state index contributed by atoms with van der Waals surface area (Å²) in [4.78, 5) is 12.2. The summed E-state index contributed by atoms with van der Waals surface area (Å²) in [5.41, 5.74) is 6.69. The van der Waals surface area contributed by atoms with Gasteiger partial charge in [-0.25, -0.2) is 5.43 Å². The summed E-state index contributed by atoms with van der Waals surface area (Å²) >= 11 is 12.2. The van der Waals surface area contributed by atoms with Gasteiger partial charge in [-0.15, -0.1) is 0 Å². The highest BCUT2D eigenvalue weighted by Gasteiger charge is 2.09. The van der Waals surface area contributed by atoms with Crippen molar-refractivity contribution in [1.29, 1.82) is 0 Å². The Labute approximate surface area is 197 Å². The average molecular weight is 471 g/mol. The van der Waals surface area contributed by atoms with E-state index in [2.05, 4.69) is 48.6 Å². The molecule has 3 rings (SSSR count). The van der Waals surface area contributed by atoms with Crippen molar-refractivity contribution in [1.82, 2.24) is 5.43 Å². The summed E-state index contributed by atoms with van der Waals surface area (Å²) < 4.78 is 5.90. The van der Waals surface area contributed by atoms with E-state index >= 15 is 0 Å². The molecule has 2 N–H and O–H groups in total. The molecule has 1 amide bonds. The first-order chi connectivity index (χ1) is 15.2. The molecule has 0 heterocycles. The number of hydrazone groups is 1. The number of nitrogens with zero attached hydrogens (tertiary/aromatic N) is 1. The zero-order chi connectivity index (χ0) is 23.3. The van der Waals surface area contributed by atoms with Gasteiger partial charge in [-0.05, 0) is 65.4 Å². The molecular weight excluding hydrogens is 447 g/mol. The number of aromatic hydroxyl groups is 1. The van der Waals surface area contributed by atoms with E-state index in [1.165, 1.54) is 30.0 Å². The molecule has 0 bridgehead atoms. The van der Waals surface area contributed by atoms with Crippen molar-refractivity contribution in [2.75, 3.05) is 0 Å². The number of phenolic OH excluding ortho intramolecular Hbond substituents is 1. The van der Waals surface area contributed by atoms with Gasteiger partial charge in [0.15, 0.2) is 0 Å². The number of rotatable bonds is 7. The molecule has 0 radical (unpaired) electrons. The minimum absolute atomic E-state index is 0.0909. The summed E-state index contributed by atoms with van der Waals surface area (Å²) in [6.45, 7) is 6.64. The van der Waals surface area contributed by atoms with Gasteiger partial charge in [0.25, 0.3) is 5.91 Å². The van der Waals surface area contributed by atoms with Crippen LogP contribution in [0.5, 0.6) is 11.5 Å². The summed E-state index contributed by atoms with van der Waals surface area (Å²) in [6, 6.07) is 16.1. The monoisotopic (exact) mass is 470 g/mol. The van der Waals surface area contributed by atoms with Crippen molar-refractivity contribution < 1.29 is 14.6 Å². The largest absolute Gasteiger partial charge is 0.506 e. The van der Waals surface area contributed by atoms with Gasteiger partial charge in [-0.2, -0.15) is 5.10 Å². The first-order valence-corrected chi connectivity index (χ1v) is 10.8. The zero-order valence-electron chi connectivity index (χ0n) is 18.0. The van der Waals surface area contributed by atoms with Gasteiger partial charge in [0.1, 0.15) is 18.1 Å². The maximum absolute atomic E-state index is 12.2. The molecular formula is C25H24Cl2N2O3. The number of benzene rings is 3. The lowest BCUT2D eigenvalue weighted by molar-refractivity contribution is 0.0955. The van der Waals surface area contributed by atoms with Gasteiger partial charge in [0, 0.05) is 5.56 Å². The Morgan fingerprint density at radius 1 is 1.09 bits per heavy atom. The summed E-state index contributed by atoms with van der Waals surface area (Å²) in [6.07, 6.45) is 1.51. The maximum Gasteiger partial charge on any atom is 0.271 e. The topological polar surface area (TPSA) is 70.9 Å². The third-order valence-electron chi connectivity index (χ3n) is 4.94. The van der Waals surface area contributed by atoms with E-state index in [1.54, 1.807) is 6.07 Å². The van der Waals surface area contributed by atoms with Crippen molar-refractivity contribution in [3.8, 4) is 11.5 Å². The predicted molar refractivity (Wildman–Crippen MR) is 129 cm³/mol. The molecule has 0 aliphatic heterocycles. The molecule has 0 saturated heterocycles. The highest BCUT2D eigenvalue weighted by atomic mass is 35.5. The SMILES string of the molecule is Cc1cc(OCc2ccc(C(C)C)cc2)c(Cl)cc1/C=N/NC(=O)c1ccc(O)c(Cl)c1. The van der Waals surface area contributed by atoms with Crippen molar-refractivity contribution in [3.63, 3.8) is 0 Å². The minimum Gasteiger partial charge on any atom is -0.506 e. The molecule has 0 aliphatic rings. The number of carbonyl (C=O) groups is 1. The first-order valence-electron chi connectivity index (χ1n) is 10.1. The number of halogens is 2. The van der Waals surface area contributed by atoms with Crippen LogP contribution < -0.4 is 10.2 Å². The lowest BCUT2D eigenvalue weighted by Crippen LogP contribution is -2.17. The van der Waals surface area contributed by atoms with Gasteiger partial charge >= 0.3 is 0 Å². The smallest absolute Gasteiger partial charge is 0.271 e. The van der Waals surface area contributed by atoms with E-state index in [0.717, 1.165) is 16.7 Å². The highest BCUT2D eigenvalue weighted by molar-refractivity contribution is 6.32. The van der Waals surface area contributed by atoms with Crippen LogP contribution in [-0.4, -0.2) is 17.2 Å². The van der Waals surface area contributed by atoms with E-state index in [9.17, 15) is 9.90 Å². The molecule has 0 spiro atoms. The lowest BCUT2D eigenvalue weighted by Gasteiger charge is -2.12. The number of phenols is 1. The van der Waals surface area contributed by atoms with Crippen LogP contribution >= 0.6 is 23.2 Å². The quantitative estimate of drug-likeness (QED) is 0.306. The van der Waals surface area contributed by atoms with Crippen LogP contribution in [0, 0.1) is 6.92 Å². The fourth-order valence-corrected chi connectivity index (χ4v) is 3.36. The van der Waals surface area contributed by atoms with Crippen LogP contribution in [0.1, 0.15) is 52.4 Å². The molecule has 3 aromatic carbocycles. The van der Waals surface area contributed by atoms with Crippen LogP contribution in [0.25, 0.3) is 0 Å². The third-order valence-corrected chi connectivity index (χ3v) is 5.54. The summed E-state index contributed by atoms with van der Waals surface area (Å²) in [5.74, 6) is 0.527. The molecule has 0 fully saturated rings. The predicted octanol–water partition coefficient (Wildman–Crippen LogP) is 6.47. The van der Waals surface area contributed by atoms with Crippen LogP contribution in [0.3, 0.4) is 0 Å². The fraction of sp³-hybridized carbons (Fsp3) is 0.200. The maximum atomic E-state index is 12.2. The lowest BCUT2D eigenvalue weighted by atomic mass is 10.0. The minimum atomic E-state index is -0.449. The summed E-state index contributed by atoms with van der Waals surface area (Å²) in [7, 11) is 0. The van der Waals surface area contributed by atoms with Crippen LogP contribution in [-0.2, 0) is 6.61 Å². The zero-order valence-corrected chi connectivity index (χ0v) is 19.5. The van der Waals surface area contributed by atoms with Crippen molar-refractivity contribution in [3.05, 3.63) is 92.5 Å². The molecule has 3 aromatic rings. The molecule has 32 heavy (non-hydrogen) atoms. The second-order valence-electron chi connectivity index (χ2n) is 7.69. The third kappa shape index (κ3) is 6.02. The average Bonchev–Trinajstić information content (AvgIpc) is 2.77. The number of aryl methyl sites for hydroxylation is 1. The van der Waals surface area contributed by atoms with E-state index in [0.29, 0.717) is 23.3 Å². The second-order valence-corrected chi connectivity index (χ2v) is 8.50. The van der Waals surface area contributed by atoms with E-state index in [-0.39, 0.29) is 16.3 Å². The van der Waals surface area contributed by atoms with E-state index in [4.69, 9.17) is 27.9 Å². The van der Waals surface area contributed by atoms with E-state index < -0.39 is 5.91 Å². The Balaban J connectivity index is 1.63. The Bertz CT molecular complexity index is 1140. The Hall–Kier alpha value is -3.02. The first kappa shape index (κ1) is 23.6. The number of hydrogen-bond acceptors (Lipinski definition) is 4. The van der Waals surface area contributed by atoms with Gasteiger partial charge in [-0.1, -0.05) is 61.3 Å². The standard InChI is InChI=1S/C25H24Cl2N2O3/c1-15(2)18-6-4-17(5-7-18)14-32-24-10-16(3)20(12-22(24)27)13-28-29-25(31)19-8-9-23(30)21(26)11-19/h4-13,15,30H,14H2,1-3H3,(H,29,31)/b28-13+. The van der Waals surface area contributed by atoms with Crippen LogP contribution in [0.15, 0.2) is 59.7 Å². The van der Waals surface area contributed by atoms with Crippen LogP contribution in [0.4, 0.5) is 0 Å². The molecule has 0 saturated carbocycles. The van der Waals surface area contributed by atoms with Crippen LogP contribution in [0.2, 0.25) is 10.0 Å². The number of nitrogens with one attached hydrogen (secondary N) is 1.